The van der Waals surface area contributed by atoms with Crippen molar-refractivity contribution >= 4 is 0 Å². The Bertz CT molecular complexity index is 371. The molecule has 0 saturated carbocycles. The average Bonchev–Trinajstić information content (AvgIpc) is 2.38. The van der Waals surface area contributed by atoms with Crippen molar-refractivity contribution < 1.29 is 9.84 Å². The van der Waals surface area contributed by atoms with E-state index in [2.05, 4.69) is 43.4 Å². The molecule has 3 heteroatoms. The van der Waals surface area contributed by atoms with Crippen LogP contribution in [0.5, 0.6) is 0 Å². The molecule has 2 N–H and O–H groups in total. The lowest BCUT2D eigenvalue weighted by Crippen LogP contribution is -2.33. The molecule has 1 aromatic rings. The van der Waals surface area contributed by atoms with E-state index in [-0.39, 0.29) is 0 Å². The summed E-state index contributed by atoms with van der Waals surface area (Å²) in [5, 5.41) is 13.7. The molecule has 1 atom stereocenters. The van der Waals surface area contributed by atoms with Gasteiger partial charge in [-0.05, 0) is 36.9 Å². The first kappa shape index (κ1) is 17.2. The van der Waals surface area contributed by atoms with E-state index in [0.717, 1.165) is 19.5 Å². The van der Waals surface area contributed by atoms with Crippen LogP contribution in [0, 0.1) is 0 Å². The van der Waals surface area contributed by atoms with Gasteiger partial charge in [0.15, 0.2) is 0 Å². The predicted molar refractivity (Wildman–Crippen MR) is 84.2 cm³/mol. The molecule has 0 aliphatic rings. The molecule has 1 rings (SSSR count). The smallest absolute Gasteiger partial charge is 0.0672 e. The maximum atomic E-state index is 10.4. The molecule has 114 valence electrons. The fourth-order valence-electron chi connectivity index (χ4n) is 2.21. The number of hydrogen-bond donors (Lipinski definition) is 2. The van der Waals surface area contributed by atoms with Crippen LogP contribution in [0.4, 0.5) is 0 Å². The van der Waals surface area contributed by atoms with Gasteiger partial charge < -0.3 is 15.2 Å². The van der Waals surface area contributed by atoms with Crippen molar-refractivity contribution in [3.8, 4) is 0 Å². The Morgan fingerprint density at radius 2 is 1.85 bits per heavy atom. The number of rotatable bonds is 9. The van der Waals surface area contributed by atoms with Gasteiger partial charge in [-0.2, -0.15) is 0 Å². The molecule has 0 amide bonds. The number of benzene rings is 1. The Labute approximate surface area is 123 Å². The number of nitrogens with one attached hydrogen (secondary N) is 1. The van der Waals surface area contributed by atoms with Crippen molar-refractivity contribution in [2.45, 2.75) is 45.1 Å². The second-order valence-corrected chi connectivity index (χ2v) is 6.06. The third-order valence-electron chi connectivity index (χ3n) is 3.55. The molecule has 1 aromatic carbocycles. The zero-order valence-electron chi connectivity index (χ0n) is 13.3. The summed E-state index contributed by atoms with van der Waals surface area (Å²) in [6, 6.07) is 8.57. The molecule has 1 unspecified atom stereocenters. The van der Waals surface area contributed by atoms with Gasteiger partial charge in [0.05, 0.1) is 12.2 Å². The van der Waals surface area contributed by atoms with Gasteiger partial charge >= 0.3 is 0 Å². The lowest BCUT2D eigenvalue weighted by molar-refractivity contribution is 0.0510. The minimum Gasteiger partial charge on any atom is -0.390 e. The zero-order valence-corrected chi connectivity index (χ0v) is 13.3. The quantitative estimate of drug-likeness (QED) is 0.683. The molecule has 0 aliphatic carbocycles. The molecule has 0 aromatic heterocycles. The van der Waals surface area contributed by atoms with Crippen LogP contribution in [0.3, 0.4) is 0 Å². The maximum Gasteiger partial charge on any atom is 0.0672 e. The molecular formula is C17H29NO2. The third kappa shape index (κ3) is 6.51. The molecule has 3 nitrogen and oxygen atoms in total. The molecule has 0 radical (unpaired) electrons. The van der Waals surface area contributed by atoms with E-state index in [1.54, 1.807) is 7.11 Å². The molecule has 0 aliphatic heterocycles. The van der Waals surface area contributed by atoms with Gasteiger partial charge in [0.2, 0.25) is 0 Å². The molecule has 0 bridgehead atoms. The Hall–Kier alpha value is -0.900. The highest BCUT2D eigenvalue weighted by Crippen LogP contribution is 2.19. The second kappa shape index (κ2) is 8.40. The van der Waals surface area contributed by atoms with Crippen LogP contribution in [-0.4, -0.2) is 37.5 Å². The van der Waals surface area contributed by atoms with Crippen LogP contribution < -0.4 is 5.32 Å². The number of hydrogen-bond acceptors (Lipinski definition) is 3. The number of methoxy groups -OCH3 is 1. The van der Waals surface area contributed by atoms with E-state index in [1.165, 1.54) is 11.1 Å². The predicted octanol–water partition coefficient (Wildman–Crippen LogP) is 2.73. The lowest BCUT2D eigenvalue weighted by atomic mass is 9.92. The molecule has 0 spiro atoms. The highest BCUT2D eigenvalue weighted by molar-refractivity contribution is 5.25. The third-order valence-corrected chi connectivity index (χ3v) is 3.55. The zero-order chi connectivity index (χ0) is 15.0. The normalized spacial score (nSPS) is 14.5. The van der Waals surface area contributed by atoms with Gasteiger partial charge in [-0.3, -0.25) is 0 Å². The van der Waals surface area contributed by atoms with Crippen molar-refractivity contribution in [1.29, 1.82) is 0 Å². The summed E-state index contributed by atoms with van der Waals surface area (Å²) >= 11 is 0. The van der Waals surface area contributed by atoms with E-state index in [1.807, 2.05) is 6.92 Å². The Morgan fingerprint density at radius 3 is 2.40 bits per heavy atom. The van der Waals surface area contributed by atoms with Crippen molar-refractivity contribution in [3.63, 3.8) is 0 Å². The van der Waals surface area contributed by atoms with Crippen LogP contribution in [0.25, 0.3) is 0 Å². The van der Waals surface area contributed by atoms with Crippen molar-refractivity contribution in [2.75, 3.05) is 26.8 Å². The van der Waals surface area contributed by atoms with Crippen molar-refractivity contribution in [1.82, 2.24) is 5.32 Å². The van der Waals surface area contributed by atoms with Crippen molar-refractivity contribution in [3.05, 3.63) is 35.4 Å². The summed E-state index contributed by atoms with van der Waals surface area (Å²) < 4.78 is 4.98. The molecule has 20 heavy (non-hydrogen) atoms. The van der Waals surface area contributed by atoms with Crippen LogP contribution in [0.1, 0.15) is 44.2 Å². The molecule has 0 saturated heterocycles. The summed E-state index contributed by atoms with van der Waals surface area (Å²) in [5.74, 6) is 0.551. The fourth-order valence-corrected chi connectivity index (χ4v) is 2.21. The minimum atomic E-state index is -0.667. The average molecular weight is 279 g/mol. The van der Waals surface area contributed by atoms with Crippen LogP contribution in [0.2, 0.25) is 0 Å². The first-order valence-electron chi connectivity index (χ1n) is 7.45. The first-order chi connectivity index (χ1) is 9.44. The van der Waals surface area contributed by atoms with Gasteiger partial charge in [0.1, 0.15) is 0 Å². The second-order valence-electron chi connectivity index (χ2n) is 6.06. The van der Waals surface area contributed by atoms with Crippen LogP contribution in [0.15, 0.2) is 24.3 Å². The summed E-state index contributed by atoms with van der Waals surface area (Å²) in [4.78, 5) is 0. The largest absolute Gasteiger partial charge is 0.390 e. The Balaban J connectivity index is 2.40. The summed E-state index contributed by atoms with van der Waals surface area (Å²) in [5.41, 5.74) is 1.87. The SMILES string of the molecule is COCCNCCC(C)(O)Cc1ccc(C(C)C)cc1. The van der Waals surface area contributed by atoms with Gasteiger partial charge in [0.25, 0.3) is 0 Å². The lowest BCUT2D eigenvalue weighted by Gasteiger charge is -2.24. The van der Waals surface area contributed by atoms with Crippen molar-refractivity contribution in [2.24, 2.45) is 0 Å². The summed E-state index contributed by atoms with van der Waals surface area (Å²) in [6.07, 6.45) is 1.43. The topological polar surface area (TPSA) is 41.5 Å². The van der Waals surface area contributed by atoms with Gasteiger partial charge in [-0.25, -0.2) is 0 Å². The van der Waals surface area contributed by atoms with E-state index < -0.39 is 5.60 Å². The van der Waals surface area contributed by atoms with Crippen LogP contribution >= 0.6 is 0 Å². The molecular weight excluding hydrogens is 250 g/mol. The molecule has 0 heterocycles. The maximum absolute atomic E-state index is 10.4. The molecule has 0 fully saturated rings. The Morgan fingerprint density at radius 1 is 1.20 bits per heavy atom. The van der Waals surface area contributed by atoms with E-state index in [4.69, 9.17) is 4.74 Å². The van der Waals surface area contributed by atoms with Gasteiger partial charge in [0, 0.05) is 20.1 Å². The van der Waals surface area contributed by atoms with E-state index in [9.17, 15) is 5.11 Å². The number of aliphatic hydroxyl groups is 1. The first-order valence-corrected chi connectivity index (χ1v) is 7.45. The monoisotopic (exact) mass is 279 g/mol. The van der Waals surface area contributed by atoms with Crippen LogP contribution in [-0.2, 0) is 11.2 Å². The minimum absolute atomic E-state index is 0.551. The van der Waals surface area contributed by atoms with Gasteiger partial charge in [-0.1, -0.05) is 38.1 Å². The van der Waals surface area contributed by atoms with E-state index >= 15 is 0 Å². The van der Waals surface area contributed by atoms with Gasteiger partial charge in [-0.15, -0.1) is 0 Å². The Kier molecular flexibility index (Phi) is 7.20. The van der Waals surface area contributed by atoms with E-state index in [0.29, 0.717) is 18.9 Å². The highest BCUT2D eigenvalue weighted by atomic mass is 16.5. The highest BCUT2D eigenvalue weighted by Gasteiger charge is 2.20. The number of ether oxygens (including phenoxy) is 1. The standard InChI is InChI=1S/C17H29NO2/c1-14(2)16-7-5-15(6-8-16)13-17(3,19)9-10-18-11-12-20-4/h5-8,14,18-19H,9-13H2,1-4H3. The summed E-state index contributed by atoms with van der Waals surface area (Å²) in [7, 11) is 1.69. The summed E-state index contributed by atoms with van der Waals surface area (Å²) in [6.45, 7) is 8.63. The fraction of sp³-hybridized carbons (Fsp3) is 0.647.